The normalized spacial score (nSPS) is 20.5. The van der Waals surface area contributed by atoms with Gasteiger partial charge < -0.3 is 14.7 Å². The van der Waals surface area contributed by atoms with Gasteiger partial charge in [-0.1, -0.05) is 48.5 Å². The summed E-state index contributed by atoms with van der Waals surface area (Å²) in [7, 11) is 0. The highest BCUT2D eigenvalue weighted by molar-refractivity contribution is 7.08. The van der Waals surface area contributed by atoms with Crippen LogP contribution in [0.5, 0.6) is 0 Å². The first-order valence-electron chi connectivity index (χ1n) is 9.99. The molecular formula is C24H23NO3S. The molecule has 2 atom stereocenters. The largest absolute Gasteiger partial charge is 0.448 e. The second kappa shape index (κ2) is 7.65. The lowest BCUT2D eigenvalue weighted by molar-refractivity contribution is 0.105. The summed E-state index contributed by atoms with van der Waals surface area (Å²) in [6.45, 7) is 1.54. The number of likely N-dealkylation sites (tertiary alicyclic amines) is 1. The van der Waals surface area contributed by atoms with E-state index < -0.39 is 0 Å². The Balaban J connectivity index is 1.30. The summed E-state index contributed by atoms with van der Waals surface area (Å²) in [6.07, 6.45) is -0.289. The second-order valence-corrected chi connectivity index (χ2v) is 8.59. The Morgan fingerprint density at radius 3 is 2.34 bits per heavy atom. The molecule has 0 spiro atoms. The third-order valence-corrected chi connectivity index (χ3v) is 6.94. The van der Waals surface area contributed by atoms with E-state index in [0.717, 1.165) is 0 Å². The minimum absolute atomic E-state index is 0.0603. The van der Waals surface area contributed by atoms with Crippen LogP contribution in [0.3, 0.4) is 0 Å². The Hall–Kier alpha value is -2.63. The molecule has 1 amide bonds. The maximum absolute atomic E-state index is 12.8. The minimum atomic E-state index is -0.289. The van der Waals surface area contributed by atoms with Crippen LogP contribution in [-0.2, 0) is 4.74 Å². The van der Waals surface area contributed by atoms with E-state index in [-0.39, 0.29) is 30.5 Å². The molecule has 4 nitrogen and oxygen atoms in total. The molecule has 2 aromatic carbocycles. The average Bonchev–Trinajstić information content (AvgIpc) is 3.49. The quantitative estimate of drug-likeness (QED) is 0.684. The van der Waals surface area contributed by atoms with E-state index in [0.29, 0.717) is 19.7 Å². The highest BCUT2D eigenvalue weighted by Crippen LogP contribution is 2.44. The van der Waals surface area contributed by atoms with Crippen molar-refractivity contribution in [2.75, 3.05) is 26.3 Å². The summed E-state index contributed by atoms with van der Waals surface area (Å²) in [5, 5.41) is 13.9. The van der Waals surface area contributed by atoms with Crippen molar-refractivity contribution < 1.29 is 14.6 Å². The van der Waals surface area contributed by atoms with Gasteiger partial charge in [0.15, 0.2) is 0 Å². The van der Waals surface area contributed by atoms with Crippen molar-refractivity contribution >= 4 is 17.4 Å². The Morgan fingerprint density at radius 1 is 1.03 bits per heavy atom. The van der Waals surface area contributed by atoms with Gasteiger partial charge in [-0.15, -0.1) is 0 Å². The summed E-state index contributed by atoms with van der Waals surface area (Å²) in [5.41, 5.74) is 6.08. The molecule has 0 saturated carbocycles. The molecule has 2 aliphatic rings. The standard InChI is InChI=1S/C24H23NO3S/c26-13-17-11-25(12-22(17)16-9-10-29-15-16)24(27)28-14-23-20-7-3-1-5-18(20)19-6-2-4-8-21(19)23/h1-10,15,17,22-23,26H,11-14H2/t17-,22-/m0/s1. The first kappa shape index (κ1) is 18.4. The van der Waals surface area contributed by atoms with Gasteiger partial charge in [0.2, 0.25) is 0 Å². The molecule has 1 saturated heterocycles. The van der Waals surface area contributed by atoms with E-state index in [1.165, 1.54) is 27.8 Å². The number of aliphatic hydroxyl groups is 1. The number of ether oxygens (including phenoxy) is 1. The molecule has 1 aliphatic carbocycles. The molecule has 0 unspecified atom stereocenters. The van der Waals surface area contributed by atoms with Crippen LogP contribution in [0.2, 0.25) is 0 Å². The van der Waals surface area contributed by atoms with Gasteiger partial charge in [-0.2, -0.15) is 11.3 Å². The Labute approximate surface area is 174 Å². The van der Waals surface area contributed by atoms with E-state index in [9.17, 15) is 9.90 Å². The summed E-state index contributed by atoms with van der Waals surface area (Å²) in [4.78, 5) is 14.6. The predicted octanol–water partition coefficient (Wildman–Crippen LogP) is 4.70. The van der Waals surface area contributed by atoms with E-state index in [1.54, 1.807) is 16.2 Å². The molecule has 0 radical (unpaired) electrons. The van der Waals surface area contributed by atoms with Gasteiger partial charge in [0, 0.05) is 37.5 Å². The van der Waals surface area contributed by atoms with Crippen molar-refractivity contribution in [3.8, 4) is 11.1 Å². The zero-order valence-corrected chi connectivity index (χ0v) is 16.8. The molecule has 5 rings (SSSR count). The fourth-order valence-electron chi connectivity index (χ4n) is 4.75. The molecule has 1 fully saturated rings. The zero-order chi connectivity index (χ0) is 19.8. The number of carbonyl (C=O) groups is 1. The lowest BCUT2D eigenvalue weighted by Crippen LogP contribution is -2.31. The number of amides is 1. The Kier molecular flexibility index (Phi) is 4.86. The van der Waals surface area contributed by atoms with Crippen LogP contribution in [0, 0.1) is 5.92 Å². The fraction of sp³-hybridized carbons (Fsp3) is 0.292. The molecule has 3 aromatic rings. The van der Waals surface area contributed by atoms with Gasteiger partial charge in [-0.05, 0) is 44.6 Å². The predicted molar refractivity (Wildman–Crippen MR) is 114 cm³/mol. The third kappa shape index (κ3) is 3.24. The van der Waals surface area contributed by atoms with Gasteiger partial charge in [0.1, 0.15) is 6.61 Å². The van der Waals surface area contributed by atoms with Gasteiger partial charge in [-0.25, -0.2) is 4.79 Å². The number of benzene rings is 2. The summed E-state index contributed by atoms with van der Waals surface area (Å²) in [6, 6.07) is 18.8. The van der Waals surface area contributed by atoms with Crippen LogP contribution in [0.25, 0.3) is 11.1 Å². The highest BCUT2D eigenvalue weighted by Gasteiger charge is 2.37. The number of rotatable bonds is 4. The third-order valence-electron chi connectivity index (χ3n) is 6.24. The lowest BCUT2D eigenvalue weighted by Gasteiger charge is -2.19. The van der Waals surface area contributed by atoms with E-state index >= 15 is 0 Å². The molecule has 148 valence electrons. The van der Waals surface area contributed by atoms with Gasteiger partial charge in [-0.3, -0.25) is 0 Å². The minimum Gasteiger partial charge on any atom is -0.448 e. The van der Waals surface area contributed by atoms with Gasteiger partial charge in [0.25, 0.3) is 0 Å². The number of carbonyl (C=O) groups excluding carboxylic acids is 1. The van der Waals surface area contributed by atoms with Gasteiger partial charge in [0.05, 0.1) is 0 Å². The molecule has 1 N–H and O–H groups in total. The van der Waals surface area contributed by atoms with Gasteiger partial charge >= 0.3 is 6.09 Å². The van der Waals surface area contributed by atoms with Crippen molar-refractivity contribution in [1.29, 1.82) is 0 Å². The van der Waals surface area contributed by atoms with Crippen molar-refractivity contribution in [1.82, 2.24) is 4.90 Å². The first-order chi connectivity index (χ1) is 14.3. The molecule has 5 heteroatoms. The number of thiophene rings is 1. The Morgan fingerprint density at radius 2 is 1.72 bits per heavy atom. The first-order valence-corrected chi connectivity index (χ1v) is 10.9. The van der Waals surface area contributed by atoms with Crippen molar-refractivity contribution in [2.45, 2.75) is 11.8 Å². The van der Waals surface area contributed by atoms with E-state index in [2.05, 4.69) is 35.7 Å². The van der Waals surface area contributed by atoms with Crippen LogP contribution >= 0.6 is 11.3 Å². The molecule has 1 aromatic heterocycles. The second-order valence-electron chi connectivity index (χ2n) is 7.81. The topological polar surface area (TPSA) is 49.8 Å². The molecular weight excluding hydrogens is 382 g/mol. The average molecular weight is 406 g/mol. The van der Waals surface area contributed by atoms with Crippen molar-refractivity contribution in [2.24, 2.45) is 5.92 Å². The van der Waals surface area contributed by atoms with Crippen LogP contribution in [0.1, 0.15) is 28.5 Å². The number of fused-ring (bicyclic) bond motifs is 3. The van der Waals surface area contributed by atoms with E-state index in [4.69, 9.17) is 4.74 Å². The maximum atomic E-state index is 12.8. The van der Waals surface area contributed by atoms with Crippen molar-refractivity contribution in [3.05, 3.63) is 82.0 Å². The summed E-state index contributed by atoms with van der Waals surface area (Å²) in [5.74, 6) is 0.298. The highest BCUT2D eigenvalue weighted by atomic mass is 32.1. The SMILES string of the molecule is O=C(OCC1c2ccccc2-c2ccccc21)N1C[C@@H](CO)[C@H](c2ccsc2)C1. The van der Waals surface area contributed by atoms with Crippen LogP contribution < -0.4 is 0 Å². The Bertz CT molecular complexity index is 971. The van der Waals surface area contributed by atoms with Crippen LogP contribution in [-0.4, -0.2) is 42.4 Å². The fourth-order valence-corrected chi connectivity index (χ4v) is 5.48. The molecule has 2 heterocycles. The number of hydrogen-bond acceptors (Lipinski definition) is 4. The summed E-state index contributed by atoms with van der Waals surface area (Å²) >= 11 is 1.65. The van der Waals surface area contributed by atoms with E-state index in [1.807, 2.05) is 29.6 Å². The smallest absolute Gasteiger partial charge is 0.409 e. The van der Waals surface area contributed by atoms with Crippen LogP contribution in [0.4, 0.5) is 4.79 Å². The lowest BCUT2D eigenvalue weighted by atomic mass is 9.92. The zero-order valence-electron chi connectivity index (χ0n) is 16.0. The maximum Gasteiger partial charge on any atom is 0.409 e. The van der Waals surface area contributed by atoms with Crippen molar-refractivity contribution in [3.63, 3.8) is 0 Å². The molecule has 1 aliphatic heterocycles. The molecule has 29 heavy (non-hydrogen) atoms. The number of nitrogens with zero attached hydrogens (tertiary/aromatic N) is 1. The summed E-state index contributed by atoms with van der Waals surface area (Å²) < 4.78 is 5.79. The molecule has 0 bridgehead atoms. The van der Waals surface area contributed by atoms with Crippen LogP contribution in [0.15, 0.2) is 65.4 Å². The monoisotopic (exact) mass is 405 g/mol. The number of aliphatic hydroxyl groups excluding tert-OH is 1. The number of hydrogen-bond donors (Lipinski definition) is 1.